The van der Waals surface area contributed by atoms with E-state index >= 15 is 0 Å². The van der Waals surface area contributed by atoms with Crippen LogP contribution in [-0.4, -0.2) is 56.6 Å². The molecule has 1 aromatic rings. The monoisotopic (exact) mass is 294 g/mol. The molecule has 0 spiro atoms. The van der Waals surface area contributed by atoms with E-state index < -0.39 is 0 Å². The maximum absolute atomic E-state index is 14.2. The van der Waals surface area contributed by atoms with Gasteiger partial charge in [-0.05, 0) is 24.7 Å². The molecule has 0 bridgehead atoms. The zero-order valence-electron chi connectivity index (χ0n) is 12.4. The largest absolute Gasteiger partial charge is 0.367 e. The number of amides is 1. The Kier molecular flexibility index (Phi) is 5.52. The maximum Gasteiger partial charge on any atom is 0.251 e. The van der Waals surface area contributed by atoms with Crippen LogP contribution in [0.4, 0.5) is 10.1 Å². The number of carbonyl (C=O) groups excluding carboxylic acids is 1. The summed E-state index contributed by atoms with van der Waals surface area (Å²) in [5.74, 6) is -0.637. The Morgan fingerprint density at radius 3 is 2.62 bits per heavy atom. The van der Waals surface area contributed by atoms with Gasteiger partial charge in [0.05, 0.1) is 5.69 Å². The summed E-state index contributed by atoms with van der Waals surface area (Å²) in [7, 11) is 0. The molecule has 0 radical (unpaired) electrons. The van der Waals surface area contributed by atoms with Crippen molar-refractivity contribution in [1.82, 2.24) is 10.2 Å². The van der Waals surface area contributed by atoms with Crippen LogP contribution in [-0.2, 0) is 0 Å². The van der Waals surface area contributed by atoms with Crippen molar-refractivity contribution in [2.24, 2.45) is 5.73 Å². The number of carbonyl (C=O) groups is 1. The summed E-state index contributed by atoms with van der Waals surface area (Å²) < 4.78 is 14.2. The average Bonchev–Trinajstić information content (AvgIpc) is 2.52. The molecule has 0 saturated carbocycles. The van der Waals surface area contributed by atoms with Crippen LogP contribution >= 0.6 is 0 Å². The third kappa shape index (κ3) is 3.92. The van der Waals surface area contributed by atoms with Gasteiger partial charge in [0.15, 0.2) is 0 Å². The molecule has 3 N–H and O–H groups in total. The minimum Gasteiger partial charge on any atom is -0.367 e. The van der Waals surface area contributed by atoms with E-state index in [0.717, 1.165) is 32.7 Å². The zero-order chi connectivity index (χ0) is 15.2. The van der Waals surface area contributed by atoms with Gasteiger partial charge in [0.1, 0.15) is 5.82 Å². The Morgan fingerprint density at radius 1 is 1.33 bits per heavy atom. The molecule has 1 amide bonds. The van der Waals surface area contributed by atoms with Crippen molar-refractivity contribution in [2.75, 3.05) is 50.7 Å². The Morgan fingerprint density at radius 2 is 2.05 bits per heavy atom. The Labute approximate surface area is 124 Å². The molecule has 5 nitrogen and oxygen atoms in total. The molecule has 1 aliphatic rings. The van der Waals surface area contributed by atoms with Gasteiger partial charge in [-0.3, -0.25) is 4.79 Å². The van der Waals surface area contributed by atoms with Crippen LogP contribution in [0.25, 0.3) is 0 Å². The van der Waals surface area contributed by atoms with Crippen molar-refractivity contribution in [3.63, 3.8) is 0 Å². The first-order valence-electron chi connectivity index (χ1n) is 7.40. The number of rotatable bonds is 5. The SMILES string of the molecule is CCN1CCN(c2ccc(C(=O)NCCN)cc2F)CC1. The van der Waals surface area contributed by atoms with Crippen LogP contribution in [0, 0.1) is 5.82 Å². The van der Waals surface area contributed by atoms with Gasteiger partial charge in [-0.25, -0.2) is 4.39 Å². The summed E-state index contributed by atoms with van der Waals surface area (Å²) in [6, 6.07) is 4.65. The summed E-state index contributed by atoms with van der Waals surface area (Å²) in [4.78, 5) is 16.1. The molecule has 0 atom stereocenters. The van der Waals surface area contributed by atoms with E-state index in [-0.39, 0.29) is 11.7 Å². The van der Waals surface area contributed by atoms with Crippen molar-refractivity contribution in [3.8, 4) is 0 Å². The molecule has 21 heavy (non-hydrogen) atoms. The molecule has 0 aliphatic carbocycles. The molecule has 1 saturated heterocycles. The second kappa shape index (κ2) is 7.38. The number of nitrogens with one attached hydrogen (secondary N) is 1. The Hall–Kier alpha value is -1.66. The van der Waals surface area contributed by atoms with Gasteiger partial charge in [0, 0.05) is 44.8 Å². The van der Waals surface area contributed by atoms with Crippen molar-refractivity contribution in [1.29, 1.82) is 0 Å². The minimum atomic E-state index is -0.347. The van der Waals surface area contributed by atoms with Gasteiger partial charge < -0.3 is 20.9 Å². The standard InChI is InChI=1S/C15H23FN4O/c1-2-19-7-9-20(10-8-19)14-4-3-12(11-13(14)16)15(21)18-6-5-17/h3-4,11H,2,5-10,17H2,1H3,(H,18,21). The van der Waals surface area contributed by atoms with Crippen molar-refractivity contribution < 1.29 is 9.18 Å². The first-order chi connectivity index (χ1) is 10.2. The summed E-state index contributed by atoms with van der Waals surface area (Å²) in [6.45, 7) is 7.41. The fraction of sp³-hybridized carbons (Fsp3) is 0.533. The highest BCUT2D eigenvalue weighted by Gasteiger charge is 2.19. The molecule has 0 aromatic heterocycles. The van der Waals surface area contributed by atoms with Crippen molar-refractivity contribution in [3.05, 3.63) is 29.6 Å². The summed E-state index contributed by atoms with van der Waals surface area (Å²) >= 11 is 0. The van der Waals surface area contributed by atoms with E-state index in [9.17, 15) is 9.18 Å². The van der Waals surface area contributed by atoms with Crippen LogP contribution in [0.15, 0.2) is 18.2 Å². The normalized spacial score (nSPS) is 16.0. The molecule has 0 unspecified atom stereocenters. The highest BCUT2D eigenvalue weighted by atomic mass is 19.1. The molecular weight excluding hydrogens is 271 g/mol. The highest BCUT2D eigenvalue weighted by Crippen LogP contribution is 2.22. The van der Waals surface area contributed by atoms with Gasteiger partial charge in [0.25, 0.3) is 5.91 Å². The predicted molar refractivity (Wildman–Crippen MR) is 82.1 cm³/mol. The lowest BCUT2D eigenvalue weighted by atomic mass is 10.1. The molecule has 6 heteroatoms. The van der Waals surface area contributed by atoms with E-state index in [1.807, 2.05) is 4.90 Å². The van der Waals surface area contributed by atoms with Gasteiger partial charge in [-0.1, -0.05) is 6.92 Å². The smallest absolute Gasteiger partial charge is 0.251 e. The molecule has 116 valence electrons. The van der Waals surface area contributed by atoms with E-state index in [2.05, 4.69) is 17.1 Å². The fourth-order valence-corrected chi connectivity index (χ4v) is 2.50. The van der Waals surface area contributed by atoms with E-state index in [0.29, 0.717) is 24.3 Å². The van der Waals surface area contributed by atoms with Crippen LogP contribution in [0.3, 0.4) is 0 Å². The number of piperazine rings is 1. The van der Waals surface area contributed by atoms with Gasteiger partial charge in [-0.15, -0.1) is 0 Å². The third-order valence-electron chi connectivity index (χ3n) is 3.80. The van der Waals surface area contributed by atoms with Crippen LogP contribution in [0.5, 0.6) is 0 Å². The number of likely N-dealkylation sites (N-methyl/N-ethyl adjacent to an activating group) is 1. The number of hydrogen-bond acceptors (Lipinski definition) is 4. The quantitative estimate of drug-likeness (QED) is 0.837. The predicted octanol–water partition coefficient (Wildman–Crippen LogP) is 0.656. The number of nitrogens with zero attached hydrogens (tertiary/aromatic N) is 2. The maximum atomic E-state index is 14.2. The van der Waals surface area contributed by atoms with Crippen LogP contribution in [0.2, 0.25) is 0 Å². The lowest BCUT2D eigenvalue weighted by Gasteiger charge is -2.35. The van der Waals surface area contributed by atoms with E-state index in [1.165, 1.54) is 6.07 Å². The molecule has 2 rings (SSSR count). The zero-order valence-corrected chi connectivity index (χ0v) is 12.4. The summed E-state index contributed by atoms with van der Waals surface area (Å²) in [5.41, 5.74) is 6.23. The number of hydrogen-bond donors (Lipinski definition) is 2. The first kappa shape index (κ1) is 15.7. The first-order valence-corrected chi connectivity index (χ1v) is 7.40. The Bertz CT molecular complexity index is 487. The number of halogens is 1. The second-order valence-electron chi connectivity index (χ2n) is 5.13. The minimum absolute atomic E-state index is 0.290. The number of anilines is 1. The Balaban J connectivity index is 2.04. The lowest BCUT2D eigenvalue weighted by molar-refractivity contribution is 0.0954. The lowest BCUT2D eigenvalue weighted by Crippen LogP contribution is -2.46. The third-order valence-corrected chi connectivity index (χ3v) is 3.80. The summed E-state index contributed by atoms with van der Waals surface area (Å²) in [6.07, 6.45) is 0. The fourth-order valence-electron chi connectivity index (χ4n) is 2.50. The van der Waals surface area contributed by atoms with Crippen LogP contribution in [0.1, 0.15) is 17.3 Å². The number of nitrogens with two attached hydrogens (primary N) is 1. The van der Waals surface area contributed by atoms with Gasteiger partial charge in [0.2, 0.25) is 0 Å². The second-order valence-corrected chi connectivity index (χ2v) is 5.13. The molecular formula is C15H23FN4O. The van der Waals surface area contributed by atoms with Gasteiger partial charge in [-0.2, -0.15) is 0 Å². The topological polar surface area (TPSA) is 61.6 Å². The van der Waals surface area contributed by atoms with Crippen molar-refractivity contribution in [2.45, 2.75) is 6.92 Å². The van der Waals surface area contributed by atoms with Crippen molar-refractivity contribution >= 4 is 11.6 Å². The van der Waals surface area contributed by atoms with Crippen LogP contribution < -0.4 is 16.0 Å². The van der Waals surface area contributed by atoms with Gasteiger partial charge >= 0.3 is 0 Å². The molecule has 1 fully saturated rings. The number of benzene rings is 1. The highest BCUT2D eigenvalue weighted by molar-refractivity contribution is 5.94. The average molecular weight is 294 g/mol. The summed E-state index contributed by atoms with van der Waals surface area (Å²) in [5, 5.41) is 2.64. The van der Waals surface area contributed by atoms with E-state index in [1.54, 1.807) is 12.1 Å². The molecule has 1 aliphatic heterocycles. The van der Waals surface area contributed by atoms with E-state index in [4.69, 9.17) is 5.73 Å². The molecule has 1 heterocycles. The molecule has 1 aromatic carbocycles.